The third-order valence-electron chi connectivity index (χ3n) is 6.18. The second kappa shape index (κ2) is 5.66. The summed E-state index contributed by atoms with van der Waals surface area (Å²) >= 11 is 2.07. The van der Waals surface area contributed by atoms with Crippen LogP contribution >= 0.6 is 11.8 Å². The number of hydrogen-bond donors (Lipinski definition) is 1. The monoisotopic (exact) mass is 333 g/mol. The fraction of sp³-hybridized carbons (Fsp3) is 0.737. The fourth-order valence-electron chi connectivity index (χ4n) is 5.10. The van der Waals surface area contributed by atoms with Gasteiger partial charge in [-0.05, 0) is 56.7 Å². The van der Waals surface area contributed by atoms with Crippen LogP contribution in [0.5, 0.6) is 0 Å². The van der Waals surface area contributed by atoms with Gasteiger partial charge in [0.05, 0.1) is 0 Å². The van der Waals surface area contributed by atoms with Crippen molar-refractivity contribution in [3.63, 3.8) is 0 Å². The molecule has 4 aliphatic heterocycles. The van der Waals surface area contributed by atoms with E-state index in [0.29, 0.717) is 35.3 Å². The Bertz CT molecular complexity index is 699. The molecule has 0 aromatic heterocycles. The number of nitrogens with zero attached hydrogens (tertiary/aromatic N) is 1. The highest BCUT2D eigenvalue weighted by molar-refractivity contribution is 8.00. The van der Waals surface area contributed by atoms with Crippen molar-refractivity contribution in [1.82, 2.24) is 5.32 Å². The molecule has 4 heterocycles. The smallest absolute Gasteiger partial charge is 0.192 e. The van der Waals surface area contributed by atoms with Crippen LogP contribution in [0.4, 0.5) is 0 Å². The number of rotatable bonds is 1. The first-order valence-corrected chi connectivity index (χ1v) is 10.1. The largest absolute Gasteiger partial charge is 0.472 e. The molecule has 2 saturated heterocycles. The Morgan fingerprint density at radius 1 is 1.35 bits per heavy atom. The Labute approximate surface area is 147 Å². The first-order valence-electron chi connectivity index (χ1n) is 10.5. The molecule has 5 aliphatic rings. The van der Waals surface area contributed by atoms with Gasteiger partial charge in [-0.15, -0.1) is 0 Å². The van der Waals surface area contributed by atoms with Gasteiger partial charge >= 0.3 is 0 Å². The molecule has 0 amide bonds. The number of hydrogen-bond acceptors (Lipinski definition) is 4. The van der Waals surface area contributed by atoms with Crippen LogP contribution < -0.4 is 5.32 Å². The van der Waals surface area contributed by atoms with Crippen molar-refractivity contribution in [3.8, 4) is 0 Å². The molecule has 124 valence electrons. The van der Waals surface area contributed by atoms with Crippen molar-refractivity contribution in [3.05, 3.63) is 23.0 Å². The second-order valence-corrected chi connectivity index (χ2v) is 8.63. The van der Waals surface area contributed by atoms with E-state index >= 15 is 0 Å². The van der Waals surface area contributed by atoms with Gasteiger partial charge in [0.15, 0.2) is 6.23 Å². The molecule has 5 atom stereocenters. The summed E-state index contributed by atoms with van der Waals surface area (Å²) in [5, 5.41) is 4.28. The molecule has 4 unspecified atom stereocenters. The summed E-state index contributed by atoms with van der Waals surface area (Å²) in [5.41, 5.74) is 3.41. The highest BCUT2D eigenvalue weighted by Crippen LogP contribution is 2.50. The van der Waals surface area contributed by atoms with Gasteiger partial charge in [0.2, 0.25) is 0 Å². The molecule has 0 bridgehead atoms. The number of nitrogens with one attached hydrogen (secondary N) is 1. The Morgan fingerprint density at radius 2 is 2.35 bits per heavy atom. The van der Waals surface area contributed by atoms with Crippen molar-refractivity contribution in [2.24, 2.45) is 16.8 Å². The Kier molecular flexibility index (Phi) is 2.89. The van der Waals surface area contributed by atoms with E-state index in [4.69, 9.17) is 8.85 Å². The zero-order valence-electron chi connectivity index (χ0n) is 16.4. The van der Waals surface area contributed by atoms with Crippen molar-refractivity contribution >= 4 is 17.5 Å². The number of aliphatic imine (C=N–C) groups is 1. The highest BCUT2D eigenvalue weighted by Gasteiger charge is 2.47. The zero-order valence-corrected chi connectivity index (χ0v) is 14.2. The van der Waals surface area contributed by atoms with E-state index in [0.717, 1.165) is 31.6 Å². The van der Waals surface area contributed by atoms with Gasteiger partial charge in [0, 0.05) is 39.5 Å². The first-order chi connectivity index (χ1) is 12.5. The zero-order chi connectivity index (χ0) is 17.9. The van der Waals surface area contributed by atoms with Crippen LogP contribution in [-0.4, -0.2) is 35.5 Å². The molecule has 2 fully saturated rings. The van der Waals surface area contributed by atoms with E-state index in [1.165, 1.54) is 24.2 Å². The molecular formula is C19H26N2OS. The van der Waals surface area contributed by atoms with Crippen molar-refractivity contribution in [1.29, 1.82) is 0 Å². The predicted molar refractivity (Wildman–Crippen MR) is 95.8 cm³/mol. The maximum absolute atomic E-state index is 7.68. The molecule has 1 aliphatic carbocycles. The van der Waals surface area contributed by atoms with E-state index in [1.54, 1.807) is 5.57 Å². The summed E-state index contributed by atoms with van der Waals surface area (Å²) in [6.45, 7) is -1.13. The standard InChI is InChI=1S/C19H26N2OS/c1-11-5-6-14-13-3-2-4-15(17(13)22-19(14)21-11)16-18-12(7-9-20-16)8-10-23-18/h7,13-14,16,18-20H,2-6,8-10H2,1H3/t13?,14?,16-,18?,19?/m0/s1/i1D3. The summed E-state index contributed by atoms with van der Waals surface area (Å²) < 4.78 is 29.4. The van der Waals surface area contributed by atoms with Gasteiger partial charge in [-0.1, -0.05) is 11.6 Å². The Balaban J connectivity index is 1.47. The third-order valence-corrected chi connectivity index (χ3v) is 7.55. The van der Waals surface area contributed by atoms with Gasteiger partial charge in [-0.25, -0.2) is 0 Å². The third kappa shape index (κ3) is 2.32. The lowest BCUT2D eigenvalue weighted by Crippen LogP contribution is -2.44. The van der Waals surface area contributed by atoms with Crippen LogP contribution in [0.3, 0.4) is 0 Å². The molecule has 0 spiro atoms. The van der Waals surface area contributed by atoms with Crippen LogP contribution in [0.15, 0.2) is 28.0 Å². The van der Waals surface area contributed by atoms with Crippen molar-refractivity contribution in [2.45, 2.75) is 62.9 Å². The molecule has 1 N–H and O–H groups in total. The van der Waals surface area contributed by atoms with Crippen LogP contribution in [0.1, 0.15) is 49.5 Å². The normalized spacial score (nSPS) is 44.9. The summed E-state index contributed by atoms with van der Waals surface area (Å²) in [6, 6.07) is 0.381. The van der Waals surface area contributed by atoms with Gasteiger partial charge in [-0.3, -0.25) is 4.99 Å². The lowest BCUT2D eigenvalue weighted by molar-refractivity contribution is 0.128. The fourth-order valence-corrected chi connectivity index (χ4v) is 6.59. The van der Waals surface area contributed by atoms with Crippen molar-refractivity contribution < 1.29 is 8.85 Å². The highest BCUT2D eigenvalue weighted by atomic mass is 32.2. The average Bonchev–Trinajstić information content (AvgIpc) is 3.24. The number of thioether (sulfide) groups is 1. The van der Waals surface area contributed by atoms with Crippen LogP contribution in [0.2, 0.25) is 0 Å². The molecule has 3 nitrogen and oxygen atoms in total. The molecule has 23 heavy (non-hydrogen) atoms. The minimum atomic E-state index is -2.08. The van der Waals surface area contributed by atoms with E-state index in [2.05, 4.69) is 28.1 Å². The van der Waals surface area contributed by atoms with Gasteiger partial charge in [0.1, 0.15) is 5.76 Å². The molecular weight excluding hydrogens is 304 g/mol. The summed E-state index contributed by atoms with van der Waals surface area (Å²) in [5.74, 6) is 3.18. The number of fused-ring (bicyclic) bond motifs is 4. The summed E-state index contributed by atoms with van der Waals surface area (Å²) in [6.07, 6.45) is 8.27. The quantitative estimate of drug-likeness (QED) is 0.743. The van der Waals surface area contributed by atoms with Gasteiger partial charge in [-0.2, -0.15) is 11.8 Å². The topological polar surface area (TPSA) is 33.6 Å². The van der Waals surface area contributed by atoms with Crippen LogP contribution in [0, 0.1) is 11.8 Å². The molecule has 5 rings (SSSR count). The SMILES string of the molecule is [2H]C([2H])([2H])C1=NC2OC3=C([C@@H]4NCC=C5CCSC54)CCCC3C2CC1. The van der Waals surface area contributed by atoms with Crippen LogP contribution in [-0.2, 0) is 4.74 Å². The number of allylic oxidation sites excluding steroid dienone is 1. The maximum Gasteiger partial charge on any atom is 0.192 e. The van der Waals surface area contributed by atoms with Crippen molar-refractivity contribution in [2.75, 3.05) is 12.3 Å². The number of ether oxygens (including phenoxy) is 1. The van der Waals surface area contributed by atoms with E-state index in [1.807, 2.05) is 0 Å². The van der Waals surface area contributed by atoms with Gasteiger partial charge < -0.3 is 10.1 Å². The van der Waals surface area contributed by atoms with E-state index in [-0.39, 0.29) is 6.23 Å². The van der Waals surface area contributed by atoms with E-state index in [9.17, 15) is 0 Å². The van der Waals surface area contributed by atoms with Gasteiger partial charge in [0.25, 0.3) is 0 Å². The summed E-state index contributed by atoms with van der Waals surface area (Å²) in [4.78, 5) is 4.55. The minimum Gasteiger partial charge on any atom is -0.472 e. The molecule has 4 heteroatoms. The lowest BCUT2D eigenvalue weighted by atomic mass is 9.76. The van der Waals surface area contributed by atoms with E-state index < -0.39 is 6.85 Å². The minimum absolute atomic E-state index is 0.276. The second-order valence-electron chi connectivity index (χ2n) is 7.38. The Morgan fingerprint density at radius 3 is 3.30 bits per heavy atom. The first kappa shape index (κ1) is 11.8. The molecule has 0 aromatic carbocycles. The Hall–Kier alpha value is -0.740. The molecule has 0 saturated carbocycles. The van der Waals surface area contributed by atoms with Crippen LogP contribution in [0.25, 0.3) is 0 Å². The average molecular weight is 334 g/mol. The molecule has 0 aromatic rings. The predicted octanol–water partition coefficient (Wildman–Crippen LogP) is 3.67. The maximum atomic E-state index is 7.68. The molecule has 0 radical (unpaired) electrons. The summed E-state index contributed by atoms with van der Waals surface area (Å²) in [7, 11) is 0. The lowest BCUT2D eigenvalue weighted by Gasteiger charge is -2.35.